The molecule has 1 aromatic carbocycles. The molecule has 0 fully saturated rings. The van der Waals surface area contributed by atoms with Gasteiger partial charge in [0.15, 0.2) is 0 Å². The first kappa shape index (κ1) is 14.0. The molecule has 18 heavy (non-hydrogen) atoms. The first-order chi connectivity index (χ1) is 8.40. The van der Waals surface area contributed by atoms with Crippen molar-refractivity contribution in [1.29, 1.82) is 0 Å². The van der Waals surface area contributed by atoms with E-state index in [0.717, 1.165) is 0 Å². The van der Waals surface area contributed by atoms with E-state index in [4.69, 9.17) is 10.8 Å². The van der Waals surface area contributed by atoms with Crippen LogP contribution in [-0.4, -0.2) is 28.1 Å². The number of anilines is 1. The number of benzene rings is 1. The van der Waals surface area contributed by atoms with Crippen LogP contribution in [0.5, 0.6) is 5.75 Å². The van der Waals surface area contributed by atoms with Gasteiger partial charge in [-0.1, -0.05) is 0 Å². The third-order valence-electron chi connectivity index (χ3n) is 2.34. The number of nitrogens with one attached hydrogen (secondary N) is 1. The van der Waals surface area contributed by atoms with Gasteiger partial charge in [0, 0.05) is 12.5 Å². The molecule has 0 heterocycles. The zero-order valence-corrected chi connectivity index (χ0v) is 10.0. The number of phenolic OH excluding ortho intramolecular Hbond substituents is 1. The summed E-state index contributed by atoms with van der Waals surface area (Å²) < 4.78 is 0. The van der Waals surface area contributed by atoms with E-state index in [9.17, 15) is 14.7 Å². The number of hydrogen-bond acceptors (Lipinski definition) is 4. The van der Waals surface area contributed by atoms with E-state index < -0.39 is 5.97 Å². The molecule has 0 radical (unpaired) electrons. The molecular formula is C12H16N2O4. The SMILES string of the molecule is CC(N)CCC(=O)Nc1cc(C(=O)O)ccc1O. The van der Waals surface area contributed by atoms with Crippen molar-refractivity contribution in [3.05, 3.63) is 23.8 Å². The van der Waals surface area contributed by atoms with Crippen molar-refractivity contribution in [1.82, 2.24) is 0 Å². The van der Waals surface area contributed by atoms with Gasteiger partial charge in [0.05, 0.1) is 11.3 Å². The van der Waals surface area contributed by atoms with Crippen molar-refractivity contribution in [2.45, 2.75) is 25.8 Å². The van der Waals surface area contributed by atoms with Gasteiger partial charge in [-0.3, -0.25) is 4.79 Å². The zero-order chi connectivity index (χ0) is 13.7. The lowest BCUT2D eigenvalue weighted by Crippen LogP contribution is -2.19. The summed E-state index contributed by atoms with van der Waals surface area (Å²) in [6, 6.07) is 3.61. The molecule has 0 saturated heterocycles. The largest absolute Gasteiger partial charge is 0.506 e. The van der Waals surface area contributed by atoms with Gasteiger partial charge in [-0.15, -0.1) is 0 Å². The fourth-order valence-electron chi connectivity index (χ4n) is 1.34. The first-order valence-electron chi connectivity index (χ1n) is 5.52. The summed E-state index contributed by atoms with van der Waals surface area (Å²) in [7, 11) is 0. The molecule has 0 spiro atoms. The minimum atomic E-state index is -1.12. The average molecular weight is 252 g/mol. The summed E-state index contributed by atoms with van der Waals surface area (Å²) in [5.74, 6) is -1.61. The molecule has 0 aliphatic rings. The summed E-state index contributed by atoms with van der Waals surface area (Å²) in [6.45, 7) is 1.79. The Kier molecular flexibility index (Phi) is 4.67. The highest BCUT2D eigenvalue weighted by atomic mass is 16.4. The van der Waals surface area contributed by atoms with Crippen molar-refractivity contribution in [3.8, 4) is 5.75 Å². The number of carboxylic acid groups (broad SMARTS) is 1. The Balaban J connectivity index is 2.74. The van der Waals surface area contributed by atoms with E-state index in [0.29, 0.717) is 6.42 Å². The lowest BCUT2D eigenvalue weighted by Gasteiger charge is -2.09. The third kappa shape index (κ3) is 4.06. The molecule has 6 nitrogen and oxygen atoms in total. The normalized spacial score (nSPS) is 11.9. The standard InChI is InChI=1S/C12H16N2O4/c1-7(13)2-5-11(16)14-9-6-8(12(17)18)3-4-10(9)15/h3-4,6-7,15H,2,5,13H2,1H3,(H,14,16)(H,17,18). The number of rotatable bonds is 5. The number of phenols is 1. The van der Waals surface area contributed by atoms with Crippen LogP contribution in [0.15, 0.2) is 18.2 Å². The summed E-state index contributed by atoms with van der Waals surface area (Å²) >= 11 is 0. The third-order valence-corrected chi connectivity index (χ3v) is 2.34. The lowest BCUT2D eigenvalue weighted by molar-refractivity contribution is -0.116. The molecule has 0 aliphatic heterocycles. The zero-order valence-electron chi connectivity index (χ0n) is 10.0. The number of aromatic hydroxyl groups is 1. The topological polar surface area (TPSA) is 113 Å². The van der Waals surface area contributed by atoms with Gasteiger partial charge in [0.25, 0.3) is 0 Å². The highest BCUT2D eigenvalue weighted by Gasteiger charge is 2.11. The Labute approximate surface area is 104 Å². The summed E-state index contributed by atoms with van der Waals surface area (Å²) in [4.78, 5) is 22.3. The smallest absolute Gasteiger partial charge is 0.335 e. The van der Waals surface area contributed by atoms with E-state index in [2.05, 4.69) is 5.32 Å². The van der Waals surface area contributed by atoms with Crippen LogP contribution < -0.4 is 11.1 Å². The Hall–Kier alpha value is -2.08. The molecule has 1 atom stereocenters. The number of hydrogen-bond donors (Lipinski definition) is 4. The molecule has 1 unspecified atom stereocenters. The van der Waals surface area contributed by atoms with Crippen LogP contribution in [0, 0.1) is 0 Å². The van der Waals surface area contributed by atoms with Crippen LogP contribution in [-0.2, 0) is 4.79 Å². The van der Waals surface area contributed by atoms with Crippen molar-refractivity contribution < 1.29 is 19.8 Å². The van der Waals surface area contributed by atoms with E-state index >= 15 is 0 Å². The van der Waals surface area contributed by atoms with Crippen molar-refractivity contribution in [2.75, 3.05) is 5.32 Å². The maximum atomic E-state index is 11.5. The van der Waals surface area contributed by atoms with Crippen molar-refractivity contribution in [3.63, 3.8) is 0 Å². The average Bonchev–Trinajstić information content (AvgIpc) is 2.29. The quantitative estimate of drug-likeness (QED) is 0.587. The highest BCUT2D eigenvalue weighted by Crippen LogP contribution is 2.24. The number of carboxylic acids is 1. The fourth-order valence-corrected chi connectivity index (χ4v) is 1.34. The lowest BCUT2D eigenvalue weighted by atomic mass is 10.1. The number of aromatic carboxylic acids is 1. The van der Waals surface area contributed by atoms with E-state index in [1.165, 1.54) is 18.2 Å². The Morgan fingerprint density at radius 3 is 2.67 bits per heavy atom. The maximum Gasteiger partial charge on any atom is 0.335 e. The molecule has 1 aromatic rings. The Morgan fingerprint density at radius 2 is 2.11 bits per heavy atom. The molecule has 5 N–H and O–H groups in total. The molecular weight excluding hydrogens is 236 g/mol. The van der Waals surface area contributed by atoms with Gasteiger partial charge in [-0.25, -0.2) is 4.79 Å². The van der Waals surface area contributed by atoms with Crippen LogP contribution in [0.1, 0.15) is 30.1 Å². The fraction of sp³-hybridized carbons (Fsp3) is 0.333. The molecule has 0 bridgehead atoms. The predicted molar refractivity (Wildman–Crippen MR) is 66.6 cm³/mol. The van der Waals surface area contributed by atoms with Crippen LogP contribution in [0.2, 0.25) is 0 Å². The van der Waals surface area contributed by atoms with E-state index in [1.54, 1.807) is 6.92 Å². The Bertz CT molecular complexity index is 457. The summed E-state index contributed by atoms with van der Waals surface area (Å²) in [6.07, 6.45) is 0.736. The molecule has 1 rings (SSSR count). The van der Waals surface area contributed by atoms with Gasteiger partial charge in [0.1, 0.15) is 5.75 Å². The minimum absolute atomic E-state index is 0.00436. The summed E-state index contributed by atoms with van der Waals surface area (Å²) in [5.41, 5.74) is 5.60. The van der Waals surface area contributed by atoms with Gasteiger partial charge in [0.2, 0.25) is 5.91 Å². The van der Waals surface area contributed by atoms with Crippen molar-refractivity contribution >= 4 is 17.6 Å². The number of carbonyl (C=O) groups excluding carboxylic acids is 1. The predicted octanol–water partition coefficient (Wildman–Crippen LogP) is 1.16. The second-order valence-electron chi connectivity index (χ2n) is 4.10. The van der Waals surface area contributed by atoms with Gasteiger partial charge < -0.3 is 21.3 Å². The van der Waals surface area contributed by atoms with E-state index in [-0.39, 0.29) is 35.4 Å². The second-order valence-corrected chi connectivity index (χ2v) is 4.10. The molecule has 0 aromatic heterocycles. The number of amides is 1. The van der Waals surface area contributed by atoms with Gasteiger partial charge in [-0.2, -0.15) is 0 Å². The monoisotopic (exact) mass is 252 g/mol. The molecule has 0 saturated carbocycles. The molecule has 1 amide bonds. The highest BCUT2D eigenvalue weighted by molar-refractivity contribution is 5.95. The maximum absolute atomic E-state index is 11.5. The number of carbonyl (C=O) groups is 2. The molecule has 0 aliphatic carbocycles. The van der Waals surface area contributed by atoms with Crippen molar-refractivity contribution in [2.24, 2.45) is 5.73 Å². The minimum Gasteiger partial charge on any atom is -0.506 e. The number of nitrogens with two attached hydrogens (primary N) is 1. The van der Waals surface area contributed by atoms with Crippen LogP contribution >= 0.6 is 0 Å². The van der Waals surface area contributed by atoms with Gasteiger partial charge in [-0.05, 0) is 31.5 Å². The van der Waals surface area contributed by atoms with Crippen LogP contribution in [0.3, 0.4) is 0 Å². The van der Waals surface area contributed by atoms with Gasteiger partial charge >= 0.3 is 5.97 Å². The Morgan fingerprint density at radius 1 is 1.44 bits per heavy atom. The molecule has 98 valence electrons. The molecule has 6 heteroatoms. The summed E-state index contributed by atoms with van der Waals surface area (Å²) in [5, 5.41) is 20.8. The van der Waals surface area contributed by atoms with Crippen LogP contribution in [0.25, 0.3) is 0 Å². The van der Waals surface area contributed by atoms with Crippen LogP contribution in [0.4, 0.5) is 5.69 Å². The second kappa shape index (κ2) is 6.02. The van der Waals surface area contributed by atoms with E-state index in [1.807, 2.05) is 0 Å². The first-order valence-corrected chi connectivity index (χ1v) is 5.52.